The molecule has 2 N–H and O–H groups in total. The number of hydrazine groups is 1. The van der Waals surface area contributed by atoms with E-state index in [9.17, 15) is 4.79 Å². The van der Waals surface area contributed by atoms with Gasteiger partial charge in [-0.3, -0.25) is 4.79 Å². The Hall–Kier alpha value is -1.37. The number of aromatic nitrogens is 1. The van der Waals surface area contributed by atoms with Crippen molar-refractivity contribution in [2.24, 2.45) is 0 Å². The number of halogens is 1. The molecule has 0 amide bonds. The molecule has 0 spiro atoms. The Morgan fingerprint density at radius 2 is 2.24 bits per heavy atom. The number of hydrogen-bond acceptors (Lipinski definition) is 4. The third kappa shape index (κ3) is 2.27. The number of anilines is 1. The highest BCUT2D eigenvalue weighted by Gasteiger charge is 2.30. The van der Waals surface area contributed by atoms with Crippen LogP contribution in [0.2, 0.25) is 0 Å². The third-order valence-electron chi connectivity index (χ3n) is 4.16. The second-order valence-electron chi connectivity index (χ2n) is 5.56. The highest BCUT2D eigenvalue weighted by Crippen LogP contribution is 2.33. The van der Waals surface area contributed by atoms with E-state index in [1.807, 2.05) is 23.2 Å². The number of H-pyrrole nitrogens is 1. The van der Waals surface area contributed by atoms with Crippen LogP contribution in [0.25, 0.3) is 10.9 Å². The quantitative estimate of drug-likeness (QED) is 0.830. The lowest BCUT2D eigenvalue weighted by molar-refractivity contribution is -0.0756. The van der Waals surface area contributed by atoms with E-state index < -0.39 is 0 Å². The van der Waals surface area contributed by atoms with Crippen molar-refractivity contribution in [1.82, 2.24) is 9.99 Å². The van der Waals surface area contributed by atoms with Gasteiger partial charge in [0.2, 0.25) is 0 Å². The predicted molar refractivity (Wildman–Crippen MR) is 85.0 cm³/mol. The van der Waals surface area contributed by atoms with Gasteiger partial charge in [0.05, 0.1) is 23.3 Å². The van der Waals surface area contributed by atoms with Crippen molar-refractivity contribution in [1.29, 1.82) is 0 Å². The van der Waals surface area contributed by atoms with Gasteiger partial charge in [-0.2, -0.15) is 5.01 Å². The Morgan fingerprint density at radius 3 is 3.05 bits per heavy atom. The number of benzene rings is 1. The second kappa shape index (κ2) is 5.12. The topological polar surface area (TPSA) is 57.4 Å². The van der Waals surface area contributed by atoms with E-state index in [1.165, 1.54) is 6.42 Å². The van der Waals surface area contributed by atoms with Gasteiger partial charge in [0.15, 0.2) is 0 Å². The van der Waals surface area contributed by atoms with Gasteiger partial charge in [0, 0.05) is 16.5 Å². The number of ether oxygens (including phenoxy) is 1. The molecule has 1 fully saturated rings. The average molecular weight is 350 g/mol. The number of aromatic amines is 1. The molecule has 2 aromatic rings. The Balaban J connectivity index is 1.75. The van der Waals surface area contributed by atoms with Crippen molar-refractivity contribution in [3.05, 3.63) is 38.6 Å². The minimum absolute atomic E-state index is 0.0265. The summed E-state index contributed by atoms with van der Waals surface area (Å²) < 4.78 is 6.76. The number of fused-ring (bicyclic) bond motifs is 3. The summed E-state index contributed by atoms with van der Waals surface area (Å²) in [4.78, 5) is 15.2. The van der Waals surface area contributed by atoms with Crippen molar-refractivity contribution in [3.63, 3.8) is 0 Å². The summed E-state index contributed by atoms with van der Waals surface area (Å²) in [5.74, 6) is 0. The lowest BCUT2D eigenvalue weighted by Gasteiger charge is -2.30. The molecule has 0 saturated carbocycles. The maximum atomic E-state index is 12.3. The number of nitrogens with zero attached hydrogens (tertiary/aromatic N) is 1. The van der Waals surface area contributed by atoms with Gasteiger partial charge >= 0.3 is 0 Å². The lowest BCUT2D eigenvalue weighted by Crippen LogP contribution is -2.39. The van der Waals surface area contributed by atoms with Crippen LogP contribution in [0.5, 0.6) is 0 Å². The lowest BCUT2D eigenvalue weighted by atomic mass is 10.1. The van der Waals surface area contributed by atoms with Crippen LogP contribution in [0, 0.1) is 0 Å². The molecule has 0 bridgehead atoms. The van der Waals surface area contributed by atoms with Crippen LogP contribution in [0.4, 0.5) is 5.69 Å². The van der Waals surface area contributed by atoms with Gasteiger partial charge in [-0.25, -0.2) is 0 Å². The molecule has 110 valence electrons. The molecule has 0 aliphatic carbocycles. The molecule has 3 heterocycles. The van der Waals surface area contributed by atoms with Gasteiger partial charge in [-0.15, -0.1) is 0 Å². The summed E-state index contributed by atoms with van der Waals surface area (Å²) in [6.45, 7) is 1.38. The van der Waals surface area contributed by atoms with Crippen molar-refractivity contribution in [3.8, 4) is 0 Å². The molecule has 4 rings (SSSR count). The molecule has 6 heteroatoms. The average Bonchev–Trinajstić information content (AvgIpc) is 2.94. The number of pyridine rings is 1. The zero-order chi connectivity index (χ0) is 14.4. The van der Waals surface area contributed by atoms with Crippen LogP contribution in [0.1, 0.15) is 24.8 Å². The summed E-state index contributed by atoms with van der Waals surface area (Å²) >= 11 is 3.44. The molecule has 1 saturated heterocycles. The zero-order valence-corrected chi connectivity index (χ0v) is 13.1. The Labute approximate surface area is 130 Å². The Bertz CT molecular complexity index is 752. The fraction of sp³-hybridized carbons (Fsp3) is 0.400. The zero-order valence-electron chi connectivity index (χ0n) is 11.5. The van der Waals surface area contributed by atoms with Crippen LogP contribution in [0.3, 0.4) is 0 Å². The fourth-order valence-corrected chi connectivity index (χ4v) is 3.45. The van der Waals surface area contributed by atoms with Crippen molar-refractivity contribution in [2.75, 3.05) is 12.0 Å². The minimum atomic E-state index is -0.0265. The molecule has 21 heavy (non-hydrogen) atoms. The standard InChI is InChI=1S/C15H16BrN3O2/c16-9-4-5-10-12(7-9)17-15(20)11-8-19(18-14(10)11)13-3-1-2-6-21-13/h4-5,7,13,18H,1-3,6,8H2,(H,17,20). The van der Waals surface area contributed by atoms with E-state index in [4.69, 9.17) is 4.74 Å². The monoisotopic (exact) mass is 349 g/mol. The highest BCUT2D eigenvalue weighted by molar-refractivity contribution is 9.10. The molecular weight excluding hydrogens is 334 g/mol. The van der Waals surface area contributed by atoms with Crippen molar-refractivity contribution >= 4 is 32.5 Å². The summed E-state index contributed by atoms with van der Waals surface area (Å²) in [7, 11) is 0. The van der Waals surface area contributed by atoms with E-state index in [0.29, 0.717) is 6.54 Å². The number of nitrogens with one attached hydrogen (secondary N) is 2. The third-order valence-corrected chi connectivity index (χ3v) is 4.66. The summed E-state index contributed by atoms with van der Waals surface area (Å²) in [5.41, 5.74) is 5.90. The fourth-order valence-electron chi connectivity index (χ4n) is 3.09. The molecule has 1 unspecified atom stereocenters. The highest BCUT2D eigenvalue weighted by atomic mass is 79.9. The molecule has 0 radical (unpaired) electrons. The minimum Gasteiger partial charge on any atom is -0.361 e. The smallest absolute Gasteiger partial charge is 0.255 e. The number of rotatable bonds is 1. The Morgan fingerprint density at radius 1 is 1.33 bits per heavy atom. The molecule has 5 nitrogen and oxygen atoms in total. The van der Waals surface area contributed by atoms with Crippen LogP contribution >= 0.6 is 15.9 Å². The Kier molecular flexibility index (Phi) is 3.24. The first kappa shape index (κ1) is 13.3. The van der Waals surface area contributed by atoms with Gasteiger partial charge < -0.3 is 15.1 Å². The van der Waals surface area contributed by atoms with Crippen molar-refractivity contribution in [2.45, 2.75) is 32.0 Å². The SMILES string of the molecule is O=c1[nH]c2cc(Br)ccc2c2c1CN(C1CCCCO1)N2. The largest absolute Gasteiger partial charge is 0.361 e. The maximum Gasteiger partial charge on any atom is 0.255 e. The van der Waals surface area contributed by atoms with Gasteiger partial charge in [-0.1, -0.05) is 15.9 Å². The van der Waals surface area contributed by atoms with Crippen molar-refractivity contribution < 1.29 is 4.74 Å². The first-order valence-corrected chi connectivity index (χ1v) is 8.01. The second-order valence-corrected chi connectivity index (χ2v) is 6.47. The first-order valence-electron chi connectivity index (χ1n) is 7.22. The molecule has 1 aromatic carbocycles. The molecule has 1 atom stereocenters. The van der Waals surface area contributed by atoms with Gasteiger partial charge in [-0.05, 0) is 37.5 Å². The summed E-state index contributed by atoms with van der Waals surface area (Å²) in [6, 6.07) is 5.94. The predicted octanol–water partition coefficient (Wildman–Crippen LogP) is 2.96. The van der Waals surface area contributed by atoms with E-state index in [1.54, 1.807) is 0 Å². The van der Waals surface area contributed by atoms with Crippen LogP contribution < -0.4 is 11.0 Å². The molecular formula is C15H16BrN3O2. The van der Waals surface area contributed by atoms with E-state index in [-0.39, 0.29) is 11.8 Å². The van der Waals surface area contributed by atoms with Crippen LogP contribution in [-0.2, 0) is 11.3 Å². The van der Waals surface area contributed by atoms with E-state index >= 15 is 0 Å². The van der Waals surface area contributed by atoms with E-state index in [2.05, 4.69) is 26.3 Å². The first-order chi connectivity index (χ1) is 10.2. The molecule has 2 aliphatic rings. The normalized spacial score (nSPS) is 22.2. The van der Waals surface area contributed by atoms with E-state index in [0.717, 1.165) is 46.1 Å². The summed E-state index contributed by atoms with van der Waals surface area (Å²) in [6.07, 6.45) is 3.34. The maximum absolute atomic E-state index is 12.3. The van der Waals surface area contributed by atoms with Crippen LogP contribution in [-0.4, -0.2) is 22.8 Å². The number of hydrogen-bond donors (Lipinski definition) is 2. The molecule has 2 aliphatic heterocycles. The van der Waals surface area contributed by atoms with Gasteiger partial charge in [0.25, 0.3) is 5.56 Å². The van der Waals surface area contributed by atoms with Gasteiger partial charge in [0.1, 0.15) is 6.23 Å². The van der Waals surface area contributed by atoms with Crippen LogP contribution in [0.15, 0.2) is 27.5 Å². The molecule has 1 aromatic heterocycles. The summed E-state index contributed by atoms with van der Waals surface area (Å²) in [5, 5.41) is 3.08.